The van der Waals surface area contributed by atoms with Gasteiger partial charge in [-0.3, -0.25) is 9.36 Å². The summed E-state index contributed by atoms with van der Waals surface area (Å²) in [6, 6.07) is 9.90. The van der Waals surface area contributed by atoms with Crippen molar-refractivity contribution in [1.29, 1.82) is 5.26 Å². The highest BCUT2D eigenvalue weighted by Crippen LogP contribution is 2.39. The van der Waals surface area contributed by atoms with Gasteiger partial charge in [-0.25, -0.2) is 4.98 Å². The lowest BCUT2D eigenvalue weighted by Gasteiger charge is -2.28. The lowest BCUT2D eigenvalue weighted by atomic mass is 9.88. The number of aromatic nitrogens is 3. The molecule has 0 amide bonds. The molecule has 5 rings (SSSR count). The Hall–Kier alpha value is -3.28. The van der Waals surface area contributed by atoms with Gasteiger partial charge in [-0.05, 0) is 81.8 Å². The highest BCUT2D eigenvalue weighted by Gasteiger charge is 2.39. The van der Waals surface area contributed by atoms with E-state index >= 15 is 0 Å². The minimum absolute atomic E-state index is 0.0315. The smallest absolute Gasteiger partial charge is 0.270 e. The van der Waals surface area contributed by atoms with Crippen molar-refractivity contribution in [3.05, 3.63) is 57.5 Å². The molecule has 1 fully saturated rings. The van der Waals surface area contributed by atoms with E-state index in [9.17, 15) is 15.2 Å². The fraction of sp³-hybridized carbons (Fsp3) is 0.440. The summed E-state index contributed by atoms with van der Waals surface area (Å²) in [7, 11) is 2.01. The lowest BCUT2D eigenvalue weighted by Crippen LogP contribution is -2.38. The van der Waals surface area contributed by atoms with Gasteiger partial charge in [-0.1, -0.05) is 6.07 Å². The maximum absolute atomic E-state index is 13.1. The predicted octanol–water partition coefficient (Wildman–Crippen LogP) is 2.96. The van der Waals surface area contributed by atoms with Crippen LogP contribution in [-0.2, 0) is 12.8 Å². The number of hydrogen-bond acceptors (Lipinski definition) is 7. The molecular formula is C25H28N6O2. The van der Waals surface area contributed by atoms with Crippen LogP contribution in [0.25, 0.3) is 11.0 Å². The first-order valence-corrected chi connectivity index (χ1v) is 11.5. The SMILES string of the molecule is CNC1CCc2cc(Nc3ncc4cc(C#N)c(=O)n(C5CCCC5(C)O)c4n3)ccc2C1. The lowest BCUT2D eigenvalue weighted by molar-refractivity contribution is 0.0266. The molecule has 3 atom stereocenters. The second-order valence-electron chi connectivity index (χ2n) is 9.42. The monoisotopic (exact) mass is 444 g/mol. The van der Waals surface area contributed by atoms with E-state index in [1.165, 1.54) is 21.8 Å². The largest absolute Gasteiger partial charge is 0.388 e. The third-order valence-electron chi connectivity index (χ3n) is 7.18. The summed E-state index contributed by atoms with van der Waals surface area (Å²) in [6.07, 6.45) is 6.83. The summed E-state index contributed by atoms with van der Waals surface area (Å²) in [6.45, 7) is 1.74. The number of pyridine rings is 1. The minimum atomic E-state index is -1.03. The van der Waals surface area contributed by atoms with Crippen molar-refractivity contribution in [2.75, 3.05) is 12.4 Å². The van der Waals surface area contributed by atoms with E-state index in [0.717, 1.165) is 31.4 Å². The Morgan fingerprint density at radius 3 is 2.85 bits per heavy atom. The van der Waals surface area contributed by atoms with Gasteiger partial charge >= 0.3 is 0 Å². The second-order valence-corrected chi connectivity index (χ2v) is 9.42. The first-order chi connectivity index (χ1) is 15.9. The maximum atomic E-state index is 13.1. The summed E-state index contributed by atoms with van der Waals surface area (Å²) < 4.78 is 1.50. The average Bonchev–Trinajstić information content (AvgIpc) is 3.16. The van der Waals surface area contributed by atoms with Crippen molar-refractivity contribution in [1.82, 2.24) is 19.9 Å². The molecule has 8 nitrogen and oxygen atoms in total. The highest BCUT2D eigenvalue weighted by atomic mass is 16.3. The van der Waals surface area contributed by atoms with Crippen molar-refractivity contribution in [3.8, 4) is 6.07 Å². The number of nitrogens with zero attached hydrogens (tertiary/aromatic N) is 4. The highest BCUT2D eigenvalue weighted by molar-refractivity contribution is 5.77. The Kier molecular flexibility index (Phi) is 5.39. The maximum Gasteiger partial charge on any atom is 0.270 e. The van der Waals surface area contributed by atoms with Crippen LogP contribution in [0.5, 0.6) is 0 Å². The normalized spacial score (nSPS) is 24.4. The van der Waals surface area contributed by atoms with Gasteiger partial charge in [-0.2, -0.15) is 10.2 Å². The van der Waals surface area contributed by atoms with Crippen LogP contribution >= 0.6 is 0 Å². The van der Waals surface area contributed by atoms with Crippen LogP contribution in [-0.4, -0.2) is 38.3 Å². The molecule has 8 heteroatoms. The summed E-state index contributed by atoms with van der Waals surface area (Å²) in [4.78, 5) is 22.2. The second kappa shape index (κ2) is 8.25. The molecule has 0 saturated heterocycles. The fourth-order valence-corrected chi connectivity index (χ4v) is 5.30. The van der Waals surface area contributed by atoms with Crippen LogP contribution in [0.1, 0.15) is 55.3 Å². The quantitative estimate of drug-likeness (QED) is 0.566. The summed E-state index contributed by atoms with van der Waals surface area (Å²) >= 11 is 0. The summed E-state index contributed by atoms with van der Waals surface area (Å²) in [5.74, 6) is 0.377. The number of rotatable bonds is 4. The number of benzene rings is 1. The average molecular weight is 445 g/mol. The Morgan fingerprint density at radius 2 is 2.12 bits per heavy atom. The molecule has 0 bridgehead atoms. The molecule has 2 aliphatic carbocycles. The molecule has 0 spiro atoms. The van der Waals surface area contributed by atoms with Gasteiger partial charge in [0.2, 0.25) is 5.95 Å². The Morgan fingerprint density at radius 1 is 1.27 bits per heavy atom. The molecular weight excluding hydrogens is 416 g/mol. The van der Waals surface area contributed by atoms with Gasteiger partial charge in [0.1, 0.15) is 17.3 Å². The zero-order valence-electron chi connectivity index (χ0n) is 18.9. The van der Waals surface area contributed by atoms with E-state index in [0.29, 0.717) is 35.9 Å². The Bertz CT molecular complexity index is 1320. The minimum Gasteiger partial charge on any atom is -0.388 e. The molecule has 2 heterocycles. The third-order valence-corrected chi connectivity index (χ3v) is 7.18. The summed E-state index contributed by atoms with van der Waals surface area (Å²) in [5.41, 5.74) is 2.58. The number of anilines is 2. The van der Waals surface area contributed by atoms with Gasteiger partial charge in [0.25, 0.3) is 5.56 Å². The number of likely N-dealkylation sites (N-methyl/N-ethyl adjacent to an activating group) is 1. The number of nitriles is 1. The van der Waals surface area contributed by atoms with Crippen LogP contribution in [0.2, 0.25) is 0 Å². The molecule has 170 valence electrons. The topological polar surface area (TPSA) is 116 Å². The van der Waals surface area contributed by atoms with E-state index in [2.05, 4.69) is 32.7 Å². The fourth-order valence-electron chi connectivity index (χ4n) is 5.30. The molecule has 0 aliphatic heterocycles. The van der Waals surface area contributed by atoms with E-state index in [-0.39, 0.29) is 5.56 Å². The van der Waals surface area contributed by atoms with E-state index < -0.39 is 17.2 Å². The number of aryl methyl sites for hydroxylation is 1. The standard InChI is InChI=1S/C25H28N6O2/c1-25(33)9-3-4-21(25)31-22-18(10-17(13-26)23(31)32)14-28-24(30-22)29-20-8-6-15-11-19(27-2)7-5-16(15)12-20/h6,8,10,12,14,19,21,27,33H,3-5,7,9,11H2,1-2H3,(H,28,29,30). The zero-order chi connectivity index (χ0) is 23.2. The molecule has 1 saturated carbocycles. The predicted molar refractivity (Wildman–Crippen MR) is 127 cm³/mol. The van der Waals surface area contributed by atoms with Crippen LogP contribution in [0, 0.1) is 11.3 Å². The number of hydrogen-bond donors (Lipinski definition) is 3. The van der Waals surface area contributed by atoms with E-state index in [4.69, 9.17) is 0 Å². The number of aliphatic hydroxyl groups is 1. The van der Waals surface area contributed by atoms with Gasteiger partial charge < -0.3 is 15.7 Å². The Labute approximate surface area is 192 Å². The van der Waals surface area contributed by atoms with Crippen LogP contribution < -0.4 is 16.2 Å². The zero-order valence-corrected chi connectivity index (χ0v) is 18.9. The van der Waals surface area contributed by atoms with Crippen LogP contribution in [0.4, 0.5) is 11.6 Å². The molecule has 33 heavy (non-hydrogen) atoms. The van der Waals surface area contributed by atoms with Crippen LogP contribution in [0.15, 0.2) is 35.3 Å². The molecule has 2 aliphatic rings. The summed E-state index contributed by atoms with van der Waals surface area (Å²) in [5, 5.41) is 27.6. The number of nitrogens with one attached hydrogen (secondary N) is 2. The Balaban J connectivity index is 1.54. The van der Waals surface area contributed by atoms with E-state index in [1.54, 1.807) is 13.1 Å². The molecule has 3 N–H and O–H groups in total. The van der Waals surface area contributed by atoms with Gasteiger partial charge in [0.05, 0.1) is 11.6 Å². The van der Waals surface area contributed by atoms with Crippen molar-refractivity contribution in [2.24, 2.45) is 0 Å². The molecule has 0 radical (unpaired) electrons. The molecule has 3 unspecified atom stereocenters. The van der Waals surface area contributed by atoms with E-state index in [1.807, 2.05) is 19.2 Å². The van der Waals surface area contributed by atoms with Crippen molar-refractivity contribution in [2.45, 2.75) is 63.1 Å². The van der Waals surface area contributed by atoms with Crippen LogP contribution in [0.3, 0.4) is 0 Å². The van der Waals surface area contributed by atoms with Gasteiger partial charge in [-0.15, -0.1) is 0 Å². The number of fused-ring (bicyclic) bond motifs is 2. The van der Waals surface area contributed by atoms with Crippen molar-refractivity contribution in [3.63, 3.8) is 0 Å². The van der Waals surface area contributed by atoms with Crippen molar-refractivity contribution >= 4 is 22.7 Å². The third kappa shape index (κ3) is 3.88. The molecule has 1 aromatic carbocycles. The first-order valence-electron chi connectivity index (χ1n) is 11.5. The molecule has 3 aromatic rings. The van der Waals surface area contributed by atoms with Gasteiger partial charge in [0, 0.05) is 23.3 Å². The van der Waals surface area contributed by atoms with Crippen molar-refractivity contribution < 1.29 is 5.11 Å². The molecule has 2 aromatic heterocycles. The van der Waals surface area contributed by atoms with Gasteiger partial charge in [0.15, 0.2) is 0 Å². The first kappa shape index (κ1) is 21.6.